The van der Waals surface area contributed by atoms with Crippen LogP contribution in [0.5, 0.6) is 0 Å². The fraction of sp³-hybridized carbons (Fsp3) is 0.333. The summed E-state index contributed by atoms with van der Waals surface area (Å²) in [6.45, 7) is 7.37. The molecule has 7 nitrogen and oxygen atoms in total. The molecule has 3 rings (SSSR count). The summed E-state index contributed by atoms with van der Waals surface area (Å²) in [5.74, 6) is 0.452. The minimum atomic E-state index is -0.118. The number of amides is 1. The van der Waals surface area contributed by atoms with Gasteiger partial charge >= 0.3 is 0 Å². The first kappa shape index (κ1) is 22.3. The molecule has 0 spiro atoms. The number of tetrazole rings is 1. The summed E-state index contributed by atoms with van der Waals surface area (Å²) in [4.78, 5) is 15.9. The largest absolute Gasteiger partial charge is 0.355 e. The molecule has 0 bridgehead atoms. The minimum absolute atomic E-state index is 0.0135. The number of rotatable bonds is 7. The third kappa shape index (κ3) is 5.03. The first-order valence-corrected chi connectivity index (χ1v) is 11.0. The Morgan fingerprint density at radius 3 is 2.50 bits per heavy atom. The molecule has 1 heterocycles. The van der Waals surface area contributed by atoms with Gasteiger partial charge < -0.3 is 10.2 Å². The minimum Gasteiger partial charge on any atom is -0.355 e. The normalized spacial score (nSPS) is 11.4. The maximum absolute atomic E-state index is 12.9. The second-order valence-electron chi connectivity index (χ2n) is 7.33. The molecule has 30 heavy (non-hydrogen) atoms. The molecule has 0 saturated carbocycles. The van der Waals surface area contributed by atoms with Gasteiger partial charge in [-0.3, -0.25) is 4.79 Å². The Kier molecular flexibility index (Phi) is 6.84. The highest BCUT2D eigenvalue weighted by molar-refractivity contribution is 7.38. The van der Waals surface area contributed by atoms with Crippen LogP contribution in [0.2, 0.25) is 0 Å². The summed E-state index contributed by atoms with van der Waals surface area (Å²) in [5.41, 5.74) is 4.24. The Morgan fingerprint density at radius 1 is 1.17 bits per heavy atom. The van der Waals surface area contributed by atoms with Gasteiger partial charge in [0.25, 0.3) is 5.91 Å². The smallest absolute Gasteiger partial charge is 0.253 e. The van der Waals surface area contributed by atoms with Crippen LogP contribution in [0.1, 0.15) is 36.7 Å². The molecular formula is C21H28N6OP2. The van der Waals surface area contributed by atoms with E-state index in [1.807, 2.05) is 44.2 Å². The van der Waals surface area contributed by atoms with Gasteiger partial charge in [0.15, 0.2) is 0 Å². The van der Waals surface area contributed by atoms with Crippen LogP contribution in [-0.4, -0.2) is 44.1 Å². The highest BCUT2D eigenvalue weighted by atomic mass is 31.1. The van der Waals surface area contributed by atoms with Crippen LogP contribution in [0.25, 0.3) is 11.4 Å². The van der Waals surface area contributed by atoms with Gasteiger partial charge in [0.1, 0.15) is 0 Å². The number of carbonyl (C=O) groups is 1. The van der Waals surface area contributed by atoms with Crippen molar-refractivity contribution in [2.24, 2.45) is 7.05 Å². The van der Waals surface area contributed by atoms with E-state index < -0.39 is 0 Å². The lowest BCUT2D eigenvalue weighted by Crippen LogP contribution is -2.30. The third-order valence-electron chi connectivity index (χ3n) is 4.83. The van der Waals surface area contributed by atoms with Crippen molar-refractivity contribution in [2.75, 3.05) is 18.4 Å². The zero-order valence-corrected chi connectivity index (χ0v) is 20.1. The SMILES string of the molecule is CCN(CC)C(=O)c1ccc(Nc2cccc(C(C)(P)P)c2)c(-c2nnn(C)n2)c1. The molecule has 0 aliphatic carbocycles. The van der Waals surface area contributed by atoms with Crippen LogP contribution in [0.3, 0.4) is 0 Å². The number of aryl methyl sites for hydroxylation is 1. The zero-order chi connectivity index (χ0) is 21.9. The standard InChI is InChI=1S/C21H28N6OP2/c1-5-27(6-2)20(28)14-10-11-18(17(12-14)19-23-25-26(4)24-19)22-16-9-7-8-15(13-16)21(3,29)30/h7-13,22H,5-6,29-30H2,1-4H3. The lowest BCUT2D eigenvalue weighted by atomic mass is 10.1. The molecule has 3 aromatic rings. The molecule has 1 amide bonds. The summed E-state index contributed by atoms with van der Waals surface area (Å²) in [7, 11) is 7.38. The molecule has 0 fully saturated rings. The molecule has 0 saturated heterocycles. The highest BCUT2D eigenvalue weighted by Crippen LogP contribution is 2.39. The number of aromatic nitrogens is 4. The number of hydrogen-bond acceptors (Lipinski definition) is 5. The van der Waals surface area contributed by atoms with Crippen LogP contribution in [-0.2, 0) is 11.9 Å². The molecule has 1 aromatic heterocycles. The average molecular weight is 442 g/mol. The van der Waals surface area contributed by atoms with Gasteiger partial charge in [0.2, 0.25) is 5.82 Å². The number of hydrogen-bond donors (Lipinski definition) is 1. The lowest BCUT2D eigenvalue weighted by molar-refractivity contribution is 0.0773. The zero-order valence-electron chi connectivity index (χ0n) is 17.8. The van der Waals surface area contributed by atoms with Gasteiger partial charge in [-0.1, -0.05) is 12.1 Å². The van der Waals surface area contributed by atoms with Gasteiger partial charge in [0, 0.05) is 40.5 Å². The predicted octanol–water partition coefficient (Wildman–Crippen LogP) is 4.03. The van der Waals surface area contributed by atoms with Crippen molar-refractivity contribution in [1.82, 2.24) is 25.1 Å². The molecule has 2 atom stereocenters. The van der Waals surface area contributed by atoms with E-state index >= 15 is 0 Å². The fourth-order valence-electron chi connectivity index (χ4n) is 3.14. The van der Waals surface area contributed by atoms with Crippen molar-refractivity contribution >= 4 is 35.8 Å². The summed E-state index contributed by atoms with van der Waals surface area (Å²) in [5, 5.41) is 15.9. The van der Waals surface area contributed by atoms with Gasteiger partial charge in [-0.2, -0.15) is 4.80 Å². The number of carbonyl (C=O) groups excluding carboxylic acids is 1. The molecule has 0 radical (unpaired) electrons. The van der Waals surface area contributed by atoms with Crippen molar-refractivity contribution in [3.05, 3.63) is 53.6 Å². The van der Waals surface area contributed by atoms with Crippen molar-refractivity contribution in [3.8, 4) is 11.4 Å². The highest BCUT2D eigenvalue weighted by Gasteiger charge is 2.19. The number of nitrogens with zero attached hydrogens (tertiary/aromatic N) is 5. The predicted molar refractivity (Wildman–Crippen MR) is 128 cm³/mol. The van der Waals surface area contributed by atoms with E-state index in [2.05, 4.69) is 58.3 Å². The van der Waals surface area contributed by atoms with Crippen LogP contribution in [0, 0.1) is 0 Å². The Labute approximate surface area is 182 Å². The molecule has 9 heteroatoms. The van der Waals surface area contributed by atoms with Gasteiger partial charge in [-0.05, 0) is 61.9 Å². The maximum atomic E-state index is 12.9. The maximum Gasteiger partial charge on any atom is 0.253 e. The van der Waals surface area contributed by atoms with Crippen molar-refractivity contribution in [2.45, 2.75) is 25.7 Å². The second-order valence-corrected chi connectivity index (χ2v) is 10.4. The molecule has 158 valence electrons. The third-order valence-corrected chi connectivity index (χ3v) is 5.50. The van der Waals surface area contributed by atoms with E-state index in [4.69, 9.17) is 0 Å². The van der Waals surface area contributed by atoms with Crippen molar-refractivity contribution < 1.29 is 4.79 Å². The quantitative estimate of drug-likeness (QED) is 0.560. The molecule has 0 aliphatic rings. The van der Waals surface area contributed by atoms with E-state index in [-0.39, 0.29) is 10.8 Å². The van der Waals surface area contributed by atoms with E-state index in [1.54, 1.807) is 11.9 Å². The van der Waals surface area contributed by atoms with Crippen LogP contribution in [0.15, 0.2) is 42.5 Å². The fourth-order valence-corrected chi connectivity index (χ4v) is 3.50. The van der Waals surface area contributed by atoms with E-state index in [0.717, 1.165) is 22.5 Å². The number of nitrogens with one attached hydrogen (secondary N) is 1. The molecule has 2 aromatic carbocycles. The van der Waals surface area contributed by atoms with Crippen molar-refractivity contribution in [3.63, 3.8) is 0 Å². The van der Waals surface area contributed by atoms with E-state index in [0.29, 0.717) is 24.5 Å². The second kappa shape index (κ2) is 9.20. The van der Waals surface area contributed by atoms with Crippen LogP contribution < -0.4 is 5.32 Å². The van der Waals surface area contributed by atoms with Gasteiger partial charge in [0.05, 0.1) is 7.05 Å². The Bertz CT molecular complexity index is 1040. The first-order valence-electron chi connectivity index (χ1n) is 9.86. The Hall–Kier alpha value is -2.36. The lowest BCUT2D eigenvalue weighted by Gasteiger charge is -2.21. The Balaban J connectivity index is 2.03. The summed E-state index contributed by atoms with van der Waals surface area (Å²) < 4.78 is 0. The van der Waals surface area contributed by atoms with Crippen molar-refractivity contribution in [1.29, 1.82) is 0 Å². The molecule has 0 aliphatic heterocycles. The topological polar surface area (TPSA) is 75.9 Å². The Morgan fingerprint density at radius 2 is 1.90 bits per heavy atom. The van der Waals surface area contributed by atoms with E-state index in [1.165, 1.54) is 4.80 Å². The number of anilines is 2. The molecule has 2 unspecified atom stereocenters. The van der Waals surface area contributed by atoms with Gasteiger partial charge in [-0.15, -0.1) is 28.7 Å². The number of benzene rings is 2. The van der Waals surface area contributed by atoms with Crippen LogP contribution in [0.4, 0.5) is 11.4 Å². The average Bonchev–Trinajstić information content (AvgIpc) is 3.15. The first-order chi connectivity index (χ1) is 14.2. The summed E-state index contributed by atoms with van der Waals surface area (Å²) in [6.07, 6.45) is 0. The van der Waals surface area contributed by atoms with E-state index in [9.17, 15) is 4.79 Å². The monoisotopic (exact) mass is 442 g/mol. The summed E-state index contributed by atoms with van der Waals surface area (Å²) >= 11 is 0. The molecular weight excluding hydrogens is 414 g/mol. The van der Waals surface area contributed by atoms with Crippen LogP contribution >= 0.6 is 18.5 Å². The summed E-state index contributed by atoms with van der Waals surface area (Å²) in [6, 6.07) is 13.8. The molecule has 1 N–H and O–H groups in total. The van der Waals surface area contributed by atoms with Gasteiger partial charge in [-0.25, -0.2) is 0 Å².